The predicted octanol–water partition coefficient (Wildman–Crippen LogP) is 1.81. The topological polar surface area (TPSA) is 80.0 Å². The van der Waals surface area contributed by atoms with Crippen molar-refractivity contribution in [3.63, 3.8) is 0 Å². The van der Waals surface area contributed by atoms with Crippen LogP contribution in [0.15, 0.2) is 54.3 Å². The van der Waals surface area contributed by atoms with Crippen LogP contribution in [0.3, 0.4) is 0 Å². The number of rotatable bonds is 5. The van der Waals surface area contributed by atoms with Gasteiger partial charge in [0.25, 0.3) is 0 Å². The Morgan fingerprint density at radius 3 is 2.71 bits per heavy atom. The number of amides is 1. The maximum atomic E-state index is 12.7. The van der Waals surface area contributed by atoms with Gasteiger partial charge in [-0.25, -0.2) is 4.98 Å². The smallest absolute Gasteiger partial charge is 0.233 e. The van der Waals surface area contributed by atoms with Gasteiger partial charge in [0.05, 0.1) is 17.6 Å². The first-order chi connectivity index (χ1) is 13.7. The van der Waals surface area contributed by atoms with Crippen molar-refractivity contribution in [3.05, 3.63) is 54.7 Å². The summed E-state index contributed by atoms with van der Waals surface area (Å²) < 4.78 is 1.93. The van der Waals surface area contributed by atoms with Crippen molar-refractivity contribution in [2.45, 2.75) is 12.1 Å². The van der Waals surface area contributed by atoms with Crippen LogP contribution >= 0.6 is 11.8 Å². The third-order valence-corrected chi connectivity index (χ3v) is 5.65. The van der Waals surface area contributed by atoms with Crippen molar-refractivity contribution in [2.24, 2.45) is 0 Å². The third-order valence-electron chi connectivity index (χ3n) is 4.72. The van der Waals surface area contributed by atoms with Gasteiger partial charge in [-0.2, -0.15) is 0 Å². The predicted molar refractivity (Wildman–Crippen MR) is 108 cm³/mol. The minimum absolute atomic E-state index is 0.114. The molecule has 9 heteroatoms. The molecule has 28 heavy (non-hydrogen) atoms. The Balaban J connectivity index is 1.34. The summed E-state index contributed by atoms with van der Waals surface area (Å²) in [7, 11) is 0. The van der Waals surface area contributed by atoms with Crippen molar-refractivity contribution in [1.29, 1.82) is 0 Å². The fraction of sp³-hybridized carbons (Fsp3) is 0.316. The minimum Gasteiger partial charge on any atom is -0.352 e. The highest BCUT2D eigenvalue weighted by molar-refractivity contribution is 7.99. The summed E-state index contributed by atoms with van der Waals surface area (Å²) in [5.74, 6) is 1.31. The van der Waals surface area contributed by atoms with Gasteiger partial charge < -0.3 is 9.80 Å². The van der Waals surface area contributed by atoms with E-state index in [-0.39, 0.29) is 5.91 Å². The van der Waals surface area contributed by atoms with Gasteiger partial charge >= 0.3 is 0 Å². The number of thioether (sulfide) groups is 1. The molecule has 144 valence electrons. The third kappa shape index (κ3) is 3.99. The lowest BCUT2D eigenvalue weighted by Gasteiger charge is -2.35. The molecule has 1 fully saturated rings. The highest BCUT2D eigenvalue weighted by atomic mass is 32.2. The Bertz CT molecular complexity index is 938. The number of nitrogens with zero attached hydrogens (tertiary/aromatic N) is 7. The Kier molecular flexibility index (Phi) is 5.52. The number of hydrogen-bond donors (Lipinski definition) is 0. The largest absolute Gasteiger partial charge is 0.352 e. The second-order valence-electron chi connectivity index (χ2n) is 6.49. The van der Waals surface area contributed by atoms with Gasteiger partial charge in [-0.05, 0) is 18.6 Å². The quantitative estimate of drug-likeness (QED) is 0.610. The van der Waals surface area contributed by atoms with Gasteiger partial charge in [0.1, 0.15) is 12.1 Å². The van der Waals surface area contributed by atoms with Gasteiger partial charge in [-0.15, -0.1) is 10.2 Å². The van der Waals surface area contributed by atoms with Crippen LogP contribution in [0.1, 0.15) is 5.56 Å². The maximum absolute atomic E-state index is 12.7. The van der Waals surface area contributed by atoms with Crippen molar-refractivity contribution in [2.75, 3.05) is 36.8 Å². The normalized spacial score (nSPS) is 14.3. The molecule has 0 unspecified atom stereocenters. The zero-order valence-corrected chi connectivity index (χ0v) is 16.4. The molecule has 1 aromatic carbocycles. The lowest BCUT2D eigenvalue weighted by molar-refractivity contribution is -0.128. The van der Waals surface area contributed by atoms with Crippen molar-refractivity contribution >= 4 is 23.5 Å². The number of aryl methyl sites for hydroxylation is 1. The molecule has 8 nitrogen and oxygen atoms in total. The first-order valence-corrected chi connectivity index (χ1v) is 10.1. The van der Waals surface area contributed by atoms with Crippen LogP contribution in [0.2, 0.25) is 0 Å². The summed E-state index contributed by atoms with van der Waals surface area (Å²) in [5, 5.41) is 8.93. The Labute approximate surface area is 167 Å². The zero-order chi connectivity index (χ0) is 19.3. The number of carbonyl (C=O) groups is 1. The minimum atomic E-state index is 0.114. The Morgan fingerprint density at radius 2 is 1.96 bits per heavy atom. The highest BCUT2D eigenvalue weighted by Gasteiger charge is 2.22. The average Bonchev–Trinajstić information content (AvgIpc) is 3.21. The van der Waals surface area contributed by atoms with E-state index in [1.54, 1.807) is 24.9 Å². The maximum Gasteiger partial charge on any atom is 0.233 e. The van der Waals surface area contributed by atoms with E-state index < -0.39 is 0 Å². The highest BCUT2D eigenvalue weighted by Crippen LogP contribution is 2.22. The SMILES string of the molecule is Cc1ccccc1-n1cnnc1SCC(=O)N1CCN(c2cnccn2)CC1. The van der Waals surface area contributed by atoms with Gasteiger partial charge in [-0.1, -0.05) is 30.0 Å². The van der Waals surface area contributed by atoms with E-state index in [2.05, 4.69) is 25.1 Å². The first kappa shape index (κ1) is 18.4. The van der Waals surface area contributed by atoms with Gasteiger partial charge in [0, 0.05) is 38.6 Å². The van der Waals surface area contributed by atoms with E-state index in [0.717, 1.165) is 35.3 Å². The zero-order valence-electron chi connectivity index (χ0n) is 15.6. The molecule has 0 bridgehead atoms. The number of piperazine rings is 1. The molecule has 0 saturated carbocycles. The lowest BCUT2D eigenvalue weighted by atomic mass is 10.2. The van der Waals surface area contributed by atoms with Crippen LogP contribution in [-0.4, -0.2) is 67.5 Å². The number of anilines is 1. The molecular formula is C19H21N7OS. The first-order valence-electron chi connectivity index (χ1n) is 9.10. The second-order valence-corrected chi connectivity index (χ2v) is 7.43. The fourth-order valence-corrected chi connectivity index (χ4v) is 4.00. The van der Waals surface area contributed by atoms with Gasteiger partial charge in [0.2, 0.25) is 5.91 Å². The molecule has 1 aliphatic rings. The van der Waals surface area contributed by atoms with Crippen molar-refractivity contribution in [3.8, 4) is 5.69 Å². The molecule has 3 heterocycles. The molecule has 4 rings (SSSR count). The van der Waals surface area contributed by atoms with Crippen LogP contribution in [0.25, 0.3) is 5.69 Å². The number of aromatic nitrogens is 5. The van der Waals surface area contributed by atoms with E-state index >= 15 is 0 Å². The number of benzene rings is 1. The second kappa shape index (κ2) is 8.39. The molecule has 1 saturated heterocycles. The van der Waals surface area contributed by atoms with Gasteiger partial charge in [0.15, 0.2) is 5.16 Å². The molecule has 1 amide bonds. The van der Waals surface area contributed by atoms with Gasteiger partial charge in [-0.3, -0.25) is 14.3 Å². The fourth-order valence-electron chi connectivity index (χ4n) is 3.18. The van der Waals surface area contributed by atoms with Crippen LogP contribution in [0.5, 0.6) is 0 Å². The van der Waals surface area contributed by atoms with Crippen molar-refractivity contribution < 1.29 is 4.79 Å². The number of hydrogen-bond acceptors (Lipinski definition) is 7. The average molecular weight is 395 g/mol. The van der Waals surface area contributed by atoms with E-state index in [1.807, 2.05) is 40.7 Å². The molecule has 1 aliphatic heterocycles. The molecule has 0 atom stereocenters. The van der Waals surface area contributed by atoms with E-state index in [0.29, 0.717) is 18.8 Å². The number of para-hydroxylation sites is 1. The number of carbonyl (C=O) groups excluding carboxylic acids is 1. The van der Waals surface area contributed by atoms with Crippen LogP contribution in [0, 0.1) is 6.92 Å². The molecule has 0 aliphatic carbocycles. The molecular weight excluding hydrogens is 374 g/mol. The van der Waals surface area contributed by atoms with E-state index in [4.69, 9.17) is 0 Å². The molecule has 2 aromatic heterocycles. The molecule has 0 N–H and O–H groups in total. The molecule has 0 radical (unpaired) electrons. The summed E-state index contributed by atoms with van der Waals surface area (Å²) >= 11 is 1.42. The van der Waals surface area contributed by atoms with Crippen molar-refractivity contribution in [1.82, 2.24) is 29.6 Å². The molecule has 0 spiro atoms. The standard InChI is InChI=1S/C19H21N7OS/c1-15-4-2-3-5-16(15)26-14-22-23-19(26)28-13-18(27)25-10-8-24(9-11-25)17-12-20-6-7-21-17/h2-7,12,14H,8-11,13H2,1H3. The van der Waals surface area contributed by atoms with Crippen LogP contribution < -0.4 is 4.90 Å². The van der Waals surface area contributed by atoms with E-state index in [9.17, 15) is 4.79 Å². The van der Waals surface area contributed by atoms with Crippen LogP contribution in [0.4, 0.5) is 5.82 Å². The lowest BCUT2D eigenvalue weighted by Crippen LogP contribution is -2.49. The van der Waals surface area contributed by atoms with E-state index in [1.165, 1.54) is 11.8 Å². The summed E-state index contributed by atoms with van der Waals surface area (Å²) in [6.07, 6.45) is 6.80. The monoisotopic (exact) mass is 395 g/mol. The summed E-state index contributed by atoms with van der Waals surface area (Å²) in [6, 6.07) is 8.06. The summed E-state index contributed by atoms with van der Waals surface area (Å²) in [6.45, 7) is 4.93. The summed E-state index contributed by atoms with van der Waals surface area (Å²) in [5.41, 5.74) is 2.16. The Hall–Kier alpha value is -2.94. The Morgan fingerprint density at radius 1 is 1.14 bits per heavy atom. The summed E-state index contributed by atoms with van der Waals surface area (Å²) in [4.78, 5) is 25.1. The molecule has 3 aromatic rings. The van der Waals surface area contributed by atoms with Crippen LogP contribution in [-0.2, 0) is 4.79 Å².